The van der Waals surface area contributed by atoms with Gasteiger partial charge in [-0.2, -0.15) is 0 Å². The molecule has 2 aromatic rings. The minimum Gasteiger partial charge on any atom is -0.379 e. The molecule has 3 rings (SSSR count). The molecular weight excluding hydrogens is 294 g/mol. The quantitative estimate of drug-likeness (QED) is 0.938. The molecule has 1 saturated heterocycles. The van der Waals surface area contributed by atoms with E-state index in [1.54, 1.807) is 6.07 Å². The van der Waals surface area contributed by atoms with Gasteiger partial charge in [-0.15, -0.1) is 0 Å². The number of rotatable bonds is 4. The van der Waals surface area contributed by atoms with E-state index in [0.717, 1.165) is 43.1 Å². The number of morpholine rings is 1. The van der Waals surface area contributed by atoms with Crippen molar-refractivity contribution in [1.29, 1.82) is 0 Å². The summed E-state index contributed by atoms with van der Waals surface area (Å²) in [5, 5.41) is 6.74. The van der Waals surface area contributed by atoms with E-state index in [9.17, 15) is 4.79 Å². The lowest BCUT2D eigenvalue weighted by Gasteiger charge is -2.25. The zero-order valence-electron chi connectivity index (χ0n) is 13.5. The van der Waals surface area contributed by atoms with Gasteiger partial charge in [-0.25, -0.2) is 0 Å². The molecule has 0 spiro atoms. The minimum atomic E-state index is -0.257. The van der Waals surface area contributed by atoms with E-state index in [2.05, 4.69) is 21.4 Å². The molecule has 1 fully saturated rings. The SMILES string of the molecule is Cc1cc(C)cc(NC(=O)c2cc(CN3CCOCC3)on2)c1. The van der Waals surface area contributed by atoms with E-state index in [-0.39, 0.29) is 5.91 Å². The lowest BCUT2D eigenvalue weighted by molar-refractivity contribution is 0.0305. The fourth-order valence-corrected chi connectivity index (χ4v) is 2.72. The Bertz CT molecular complexity index is 670. The van der Waals surface area contributed by atoms with E-state index in [0.29, 0.717) is 18.0 Å². The van der Waals surface area contributed by atoms with Crippen molar-refractivity contribution in [3.63, 3.8) is 0 Å². The highest BCUT2D eigenvalue weighted by molar-refractivity contribution is 6.02. The smallest absolute Gasteiger partial charge is 0.277 e. The first kappa shape index (κ1) is 15.7. The molecule has 0 unspecified atom stereocenters. The summed E-state index contributed by atoms with van der Waals surface area (Å²) in [6.45, 7) is 7.84. The van der Waals surface area contributed by atoms with Crippen LogP contribution in [0.3, 0.4) is 0 Å². The van der Waals surface area contributed by atoms with Gasteiger partial charge in [-0.05, 0) is 37.1 Å². The molecule has 0 aliphatic carbocycles. The van der Waals surface area contributed by atoms with E-state index >= 15 is 0 Å². The average Bonchev–Trinajstić information content (AvgIpc) is 2.96. The third-order valence-electron chi connectivity index (χ3n) is 3.75. The van der Waals surface area contributed by atoms with Gasteiger partial charge in [0, 0.05) is 24.8 Å². The van der Waals surface area contributed by atoms with Gasteiger partial charge in [0.2, 0.25) is 0 Å². The van der Waals surface area contributed by atoms with E-state index in [4.69, 9.17) is 9.26 Å². The summed E-state index contributed by atoms with van der Waals surface area (Å²) in [4.78, 5) is 14.5. The fraction of sp³-hybridized carbons (Fsp3) is 0.412. The van der Waals surface area contributed by atoms with Crippen molar-refractivity contribution >= 4 is 11.6 Å². The number of anilines is 1. The molecule has 23 heavy (non-hydrogen) atoms. The van der Waals surface area contributed by atoms with Crippen molar-refractivity contribution in [2.75, 3.05) is 31.6 Å². The van der Waals surface area contributed by atoms with Crippen LogP contribution in [-0.2, 0) is 11.3 Å². The Hall–Kier alpha value is -2.18. The number of nitrogens with one attached hydrogen (secondary N) is 1. The monoisotopic (exact) mass is 315 g/mol. The van der Waals surface area contributed by atoms with Crippen LogP contribution in [0.25, 0.3) is 0 Å². The molecule has 1 aromatic heterocycles. The maximum absolute atomic E-state index is 12.3. The van der Waals surface area contributed by atoms with Crippen molar-refractivity contribution in [3.05, 3.63) is 46.8 Å². The normalized spacial score (nSPS) is 15.6. The van der Waals surface area contributed by atoms with Crippen molar-refractivity contribution < 1.29 is 14.1 Å². The number of benzene rings is 1. The topological polar surface area (TPSA) is 67.6 Å². The van der Waals surface area contributed by atoms with Gasteiger partial charge >= 0.3 is 0 Å². The summed E-state index contributed by atoms with van der Waals surface area (Å²) >= 11 is 0. The van der Waals surface area contributed by atoms with Crippen LogP contribution in [0.15, 0.2) is 28.8 Å². The van der Waals surface area contributed by atoms with Gasteiger partial charge in [0.25, 0.3) is 5.91 Å². The molecule has 6 nitrogen and oxygen atoms in total. The number of hydrogen-bond donors (Lipinski definition) is 1. The fourth-order valence-electron chi connectivity index (χ4n) is 2.72. The lowest BCUT2D eigenvalue weighted by Crippen LogP contribution is -2.35. The molecule has 0 saturated carbocycles. The molecule has 0 radical (unpaired) electrons. The Balaban J connectivity index is 1.63. The van der Waals surface area contributed by atoms with Crippen LogP contribution >= 0.6 is 0 Å². The first-order chi connectivity index (χ1) is 11.1. The Kier molecular flexibility index (Phi) is 4.73. The van der Waals surface area contributed by atoms with Gasteiger partial charge in [0.15, 0.2) is 11.5 Å². The highest BCUT2D eigenvalue weighted by atomic mass is 16.5. The first-order valence-corrected chi connectivity index (χ1v) is 7.75. The van der Waals surface area contributed by atoms with Gasteiger partial charge in [-0.3, -0.25) is 9.69 Å². The van der Waals surface area contributed by atoms with Crippen LogP contribution < -0.4 is 5.32 Å². The summed E-state index contributed by atoms with van der Waals surface area (Å²) in [6.07, 6.45) is 0. The molecule has 1 N–H and O–H groups in total. The predicted molar refractivity (Wildman–Crippen MR) is 86.5 cm³/mol. The van der Waals surface area contributed by atoms with E-state index < -0.39 is 0 Å². The van der Waals surface area contributed by atoms with Crippen LogP contribution in [0.1, 0.15) is 27.4 Å². The summed E-state index contributed by atoms with van der Waals surface area (Å²) in [5.41, 5.74) is 3.28. The second-order valence-corrected chi connectivity index (χ2v) is 5.90. The van der Waals surface area contributed by atoms with E-state index in [1.807, 2.05) is 26.0 Å². The van der Waals surface area contributed by atoms with Crippen molar-refractivity contribution in [3.8, 4) is 0 Å². The Morgan fingerprint density at radius 1 is 1.17 bits per heavy atom. The van der Waals surface area contributed by atoms with E-state index in [1.165, 1.54) is 0 Å². The van der Waals surface area contributed by atoms with Gasteiger partial charge in [0.1, 0.15) is 0 Å². The zero-order valence-corrected chi connectivity index (χ0v) is 13.5. The third kappa shape index (κ3) is 4.18. The lowest BCUT2D eigenvalue weighted by atomic mass is 10.1. The molecule has 1 aliphatic rings. The molecule has 6 heteroatoms. The minimum absolute atomic E-state index is 0.257. The number of hydrogen-bond acceptors (Lipinski definition) is 5. The standard InChI is InChI=1S/C17H21N3O3/c1-12-7-13(2)9-14(8-12)18-17(21)16-10-15(23-19-16)11-20-3-5-22-6-4-20/h7-10H,3-6,11H2,1-2H3,(H,18,21). The van der Waals surface area contributed by atoms with Crippen LogP contribution in [0, 0.1) is 13.8 Å². The molecule has 1 amide bonds. The van der Waals surface area contributed by atoms with Crippen LogP contribution in [0.2, 0.25) is 0 Å². The third-order valence-corrected chi connectivity index (χ3v) is 3.75. The molecule has 0 bridgehead atoms. The highest BCUT2D eigenvalue weighted by Crippen LogP contribution is 2.15. The Morgan fingerprint density at radius 2 is 1.87 bits per heavy atom. The number of carbonyl (C=O) groups is 1. The number of amides is 1. The number of aryl methyl sites for hydroxylation is 2. The second-order valence-electron chi connectivity index (χ2n) is 5.90. The first-order valence-electron chi connectivity index (χ1n) is 7.75. The number of nitrogens with zero attached hydrogens (tertiary/aromatic N) is 2. The number of aromatic nitrogens is 1. The summed E-state index contributed by atoms with van der Waals surface area (Å²) in [7, 11) is 0. The molecule has 1 aromatic carbocycles. The van der Waals surface area contributed by atoms with Crippen LogP contribution in [-0.4, -0.2) is 42.3 Å². The molecule has 0 atom stereocenters. The van der Waals surface area contributed by atoms with Crippen molar-refractivity contribution in [2.24, 2.45) is 0 Å². The molecular formula is C17H21N3O3. The number of ether oxygens (including phenoxy) is 1. The molecule has 122 valence electrons. The van der Waals surface area contributed by atoms with Gasteiger partial charge in [0.05, 0.1) is 19.8 Å². The summed E-state index contributed by atoms with van der Waals surface area (Å²) < 4.78 is 10.6. The molecule has 1 aliphatic heterocycles. The Morgan fingerprint density at radius 3 is 2.57 bits per heavy atom. The van der Waals surface area contributed by atoms with Gasteiger partial charge in [-0.1, -0.05) is 11.2 Å². The largest absolute Gasteiger partial charge is 0.379 e. The van der Waals surface area contributed by atoms with Crippen LogP contribution in [0.4, 0.5) is 5.69 Å². The average molecular weight is 315 g/mol. The van der Waals surface area contributed by atoms with Crippen molar-refractivity contribution in [1.82, 2.24) is 10.1 Å². The second kappa shape index (κ2) is 6.93. The summed E-state index contributed by atoms with van der Waals surface area (Å²) in [5.74, 6) is 0.435. The van der Waals surface area contributed by atoms with Crippen LogP contribution in [0.5, 0.6) is 0 Å². The maximum atomic E-state index is 12.3. The maximum Gasteiger partial charge on any atom is 0.277 e. The van der Waals surface area contributed by atoms with Gasteiger partial charge < -0.3 is 14.6 Å². The summed E-state index contributed by atoms with van der Waals surface area (Å²) in [6, 6.07) is 7.62. The van der Waals surface area contributed by atoms with Crippen molar-refractivity contribution in [2.45, 2.75) is 20.4 Å². The zero-order chi connectivity index (χ0) is 16.2. The highest BCUT2D eigenvalue weighted by Gasteiger charge is 2.17. The molecule has 2 heterocycles. The Labute approximate surface area is 135 Å². The predicted octanol–water partition coefficient (Wildman–Crippen LogP) is 2.38. The number of carbonyl (C=O) groups excluding carboxylic acids is 1.